The number of hydrogen-bond donors (Lipinski definition) is 1. The summed E-state index contributed by atoms with van der Waals surface area (Å²) in [6, 6.07) is 3.88. The molecule has 0 saturated carbocycles. The van der Waals surface area contributed by atoms with Gasteiger partial charge in [-0.05, 0) is 24.1 Å². The van der Waals surface area contributed by atoms with Crippen molar-refractivity contribution in [3.8, 4) is 0 Å². The quantitative estimate of drug-likeness (QED) is 0.790. The first-order valence-corrected chi connectivity index (χ1v) is 4.95. The molecular weight excluding hydrogens is 176 g/mol. The standard InChI is InChI=1S/C11H18N2O/c1-4-5-10-6-9(8-14)7-11(12-10)13(2)3/h6-7,14H,4-5,8H2,1-3H3. The van der Waals surface area contributed by atoms with Crippen LogP contribution in [0.1, 0.15) is 24.6 Å². The maximum atomic E-state index is 9.09. The zero-order valence-corrected chi connectivity index (χ0v) is 9.12. The zero-order chi connectivity index (χ0) is 10.6. The van der Waals surface area contributed by atoms with Gasteiger partial charge in [0.15, 0.2) is 0 Å². The smallest absolute Gasteiger partial charge is 0.128 e. The first-order chi connectivity index (χ1) is 6.67. The van der Waals surface area contributed by atoms with Gasteiger partial charge in [-0.2, -0.15) is 0 Å². The van der Waals surface area contributed by atoms with Crippen LogP contribution in [0.25, 0.3) is 0 Å². The zero-order valence-electron chi connectivity index (χ0n) is 9.12. The highest BCUT2D eigenvalue weighted by Crippen LogP contribution is 2.14. The second kappa shape index (κ2) is 4.96. The van der Waals surface area contributed by atoms with Crippen LogP contribution < -0.4 is 4.90 Å². The van der Waals surface area contributed by atoms with Gasteiger partial charge in [0.25, 0.3) is 0 Å². The van der Waals surface area contributed by atoms with Crippen LogP contribution >= 0.6 is 0 Å². The lowest BCUT2D eigenvalue weighted by Crippen LogP contribution is -2.12. The van der Waals surface area contributed by atoms with E-state index in [1.54, 1.807) is 0 Å². The molecule has 0 saturated heterocycles. The number of aryl methyl sites for hydroxylation is 1. The number of rotatable bonds is 4. The molecule has 0 aliphatic heterocycles. The maximum Gasteiger partial charge on any atom is 0.128 e. The van der Waals surface area contributed by atoms with E-state index in [0.717, 1.165) is 29.9 Å². The predicted molar refractivity (Wildman–Crippen MR) is 58.5 cm³/mol. The van der Waals surface area contributed by atoms with E-state index in [1.165, 1.54) is 0 Å². The Hall–Kier alpha value is -1.09. The Kier molecular flexibility index (Phi) is 3.89. The molecule has 0 spiro atoms. The van der Waals surface area contributed by atoms with Crippen LogP contribution in [-0.2, 0) is 13.0 Å². The molecule has 1 aromatic heterocycles. The molecule has 1 rings (SSSR count). The molecule has 0 radical (unpaired) electrons. The third-order valence-corrected chi connectivity index (χ3v) is 2.07. The highest BCUT2D eigenvalue weighted by molar-refractivity contribution is 5.41. The van der Waals surface area contributed by atoms with Crippen molar-refractivity contribution < 1.29 is 5.11 Å². The molecule has 1 N–H and O–H groups in total. The number of aliphatic hydroxyl groups is 1. The van der Waals surface area contributed by atoms with E-state index in [0.29, 0.717) is 0 Å². The summed E-state index contributed by atoms with van der Waals surface area (Å²) in [6.45, 7) is 2.21. The third kappa shape index (κ3) is 2.70. The summed E-state index contributed by atoms with van der Waals surface area (Å²) < 4.78 is 0. The number of nitrogens with zero attached hydrogens (tertiary/aromatic N) is 2. The summed E-state index contributed by atoms with van der Waals surface area (Å²) in [7, 11) is 3.92. The molecule has 0 amide bonds. The molecule has 0 unspecified atom stereocenters. The SMILES string of the molecule is CCCc1cc(CO)cc(N(C)C)n1. The lowest BCUT2D eigenvalue weighted by atomic mass is 10.1. The summed E-state index contributed by atoms with van der Waals surface area (Å²) in [6.07, 6.45) is 2.05. The second-order valence-corrected chi connectivity index (χ2v) is 3.63. The number of aromatic nitrogens is 1. The largest absolute Gasteiger partial charge is 0.392 e. The van der Waals surface area contributed by atoms with Crippen molar-refractivity contribution in [2.24, 2.45) is 0 Å². The lowest BCUT2D eigenvalue weighted by Gasteiger charge is -2.13. The lowest BCUT2D eigenvalue weighted by molar-refractivity contribution is 0.281. The minimum Gasteiger partial charge on any atom is -0.392 e. The van der Waals surface area contributed by atoms with Gasteiger partial charge in [0.05, 0.1) is 6.61 Å². The highest BCUT2D eigenvalue weighted by atomic mass is 16.3. The van der Waals surface area contributed by atoms with Crippen LogP contribution in [0.5, 0.6) is 0 Å². The van der Waals surface area contributed by atoms with E-state index in [9.17, 15) is 0 Å². The van der Waals surface area contributed by atoms with Gasteiger partial charge in [-0.3, -0.25) is 0 Å². The van der Waals surface area contributed by atoms with Crippen molar-refractivity contribution in [1.82, 2.24) is 4.98 Å². The first-order valence-electron chi connectivity index (χ1n) is 4.95. The minimum absolute atomic E-state index is 0.0834. The van der Waals surface area contributed by atoms with Crippen molar-refractivity contribution >= 4 is 5.82 Å². The topological polar surface area (TPSA) is 36.4 Å². The molecule has 0 aromatic carbocycles. The van der Waals surface area contributed by atoms with Gasteiger partial charge in [0.2, 0.25) is 0 Å². The predicted octanol–water partition coefficient (Wildman–Crippen LogP) is 1.59. The van der Waals surface area contributed by atoms with Crippen molar-refractivity contribution in [3.05, 3.63) is 23.4 Å². The van der Waals surface area contributed by atoms with E-state index >= 15 is 0 Å². The van der Waals surface area contributed by atoms with Crippen LogP contribution in [0.2, 0.25) is 0 Å². The fourth-order valence-electron chi connectivity index (χ4n) is 1.34. The van der Waals surface area contributed by atoms with Crippen LogP contribution in [-0.4, -0.2) is 24.2 Å². The molecule has 14 heavy (non-hydrogen) atoms. The van der Waals surface area contributed by atoms with Gasteiger partial charge in [0.1, 0.15) is 5.82 Å². The Labute approximate surface area is 85.4 Å². The van der Waals surface area contributed by atoms with E-state index in [4.69, 9.17) is 5.11 Å². The number of aliphatic hydroxyl groups excluding tert-OH is 1. The first kappa shape index (κ1) is 11.0. The van der Waals surface area contributed by atoms with Gasteiger partial charge in [-0.25, -0.2) is 4.98 Å². The summed E-state index contributed by atoms with van der Waals surface area (Å²) in [5.41, 5.74) is 2.00. The van der Waals surface area contributed by atoms with Crippen LogP contribution in [0.15, 0.2) is 12.1 Å². The molecular formula is C11H18N2O. The molecule has 78 valence electrons. The Bertz CT molecular complexity index is 297. The Morgan fingerprint density at radius 1 is 1.36 bits per heavy atom. The maximum absolute atomic E-state index is 9.09. The van der Waals surface area contributed by atoms with Gasteiger partial charge in [-0.1, -0.05) is 13.3 Å². The van der Waals surface area contributed by atoms with Crippen molar-refractivity contribution in [3.63, 3.8) is 0 Å². The van der Waals surface area contributed by atoms with Crippen LogP contribution in [0.4, 0.5) is 5.82 Å². The molecule has 3 heteroatoms. The summed E-state index contributed by atoms with van der Waals surface area (Å²) >= 11 is 0. The fraction of sp³-hybridized carbons (Fsp3) is 0.545. The molecule has 0 fully saturated rings. The Morgan fingerprint density at radius 2 is 2.07 bits per heavy atom. The molecule has 0 aliphatic rings. The molecule has 0 bridgehead atoms. The number of anilines is 1. The second-order valence-electron chi connectivity index (χ2n) is 3.63. The minimum atomic E-state index is 0.0834. The van der Waals surface area contributed by atoms with Crippen molar-refractivity contribution in [1.29, 1.82) is 0 Å². The van der Waals surface area contributed by atoms with Crippen LogP contribution in [0.3, 0.4) is 0 Å². The van der Waals surface area contributed by atoms with Gasteiger partial charge >= 0.3 is 0 Å². The van der Waals surface area contributed by atoms with E-state index in [1.807, 2.05) is 31.1 Å². The fourth-order valence-corrected chi connectivity index (χ4v) is 1.34. The summed E-state index contributed by atoms with van der Waals surface area (Å²) in [5.74, 6) is 0.917. The average Bonchev–Trinajstić information content (AvgIpc) is 2.17. The van der Waals surface area contributed by atoms with Gasteiger partial charge < -0.3 is 10.0 Å². The normalized spacial score (nSPS) is 10.3. The number of pyridine rings is 1. The molecule has 1 heterocycles. The summed E-state index contributed by atoms with van der Waals surface area (Å²) in [4.78, 5) is 6.44. The van der Waals surface area contributed by atoms with Crippen molar-refractivity contribution in [2.45, 2.75) is 26.4 Å². The van der Waals surface area contributed by atoms with Gasteiger partial charge in [-0.15, -0.1) is 0 Å². The molecule has 0 atom stereocenters. The monoisotopic (exact) mass is 194 g/mol. The summed E-state index contributed by atoms with van der Waals surface area (Å²) in [5, 5.41) is 9.09. The third-order valence-electron chi connectivity index (χ3n) is 2.07. The molecule has 3 nitrogen and oxygen atoms in total. The molecule has 0 aliphatic carbocycles. The van der Waals surface area contributed by atoms with Crippen molar-refractivity contribution in [2.75, 3.05) is 19.0 Å². The van der Waals surface area contributed by atoms with Crippen LogP contribution in [0, 0.1) is 0 Å². The average molecular weight is 194 g/mol. The van der Waals surface area contributed by atoms with E-state index < -0.39 is 0 Å². The van der Waals surface area contributed by atoms with E-state index in [-0.39, 0.29) is 6.61 Å². The Balaban J connectivity index is 3.00. The van der Waals surface area contributed by atoms with E-state index in [2.05, 4.69) is 11.9 Å². The Morgan fingerprint density at radius 3 is 2.57 bits per heavy atom. The molecule has 1 aromatic rings. The number of hydrogen-bond acceptors (Lipinski definition) is 3. The van der Waals surface area contributed by atoms with Gasteiger partial charge in [0, 0.05) is 19.8 Å². The highest BCUT2D eigenvalue weighted by Gasteiger charge is 2.03.